The van der Waals surface area contributed by atoms with E-state index in [2.05, 4.69) is 0 Å². The number of fused-ring (bicyclic) bond motifs is 1. The van der Waals surface area contributed by atoms with Gasteiger partial charge in [0.05, 0.1) is 22.5 Å². The van der Waals surface area contributed by atoms with Gasteiger partial charge in [0.1, 0.15) is 11.5 Å². The van der Waals surface area contributed by atoms with Gasteiger partial charge in [-0.25, -0.2) is 0 Å². The van der Waals surface area contributed by atoms with Crippen molar-refractivity contribution < 1.29 is 31.8 Å². The number of hydrogen-bond acceptors (Lipinski definition) is 8. The molecule has 0 aromatic heterocycles. The number of nitrogens with zero attached hydrogens (tertiary/aromatic N) is 1. The van der Waals surface area contributed by atoms with Crippen LogP contribution in [0.15, 0.2) is 77.7 Å². The molecular weight excluding hydrogens is 438 g/mol. The Morgan fingerprint density at radius 1 is 0.969 bits per heavy atom. The van der Waals surface area contributed by atoms with Gasteiger partial charge in [-0.3, -0.25) is 19.1 Å². The van der Waals surface area contributed by atoms with Gasteiger partial charge >= 0.3 is 0 Å². The van der Waals surface area contributed by atoms with Gasteiger partial charge in [0.15, 0.2) is 12.2 Å². The van der Waals surface area contributed by atoms with E-state index in [4.69, 9.17) is 13.7 Å². The first-order valence-corrected chi connectivity index (χ1v) is 10.8. The molecule has 1 aliphatic rings. The van der Waals surface area contributed by atoms with Crippen molar-refractivity contribution in [3.8, 4) is 11.5 Å². The van der Waals surface area contributed by atoms with E-state index in [1.54, 1.807) is 42.5 Å². The minimum Gasteiger partial charge on any atom is -0.497 e. The predicted octanol–water partition coefficient (Wildman–Crippen LogP) is 3.69. The molecule has 0 spiro atoms. The first-order valence-electron chi connectivity index (χ1n) is 9.42. The summed E-state index contributed by atoms with van der Waals surface area (Å²) in [5, 5.41) is 10.8. The molecule has 1 heterocycles. The third kappa shape index (κ3) is 4.05. The van der Waals surface area contributed by atoms with Gasteiger partial charge in [-0.05, 0) is 42.0 Å². The molecule has 3 aromatic carbocycles. The summed E-state index contributed by atoms with van der Waals surface area (Å²) >= 11 is 0. The van der Waals surface area contributed by atoms with Crippen molar-refractivity contribution in [3.05, 3.63) is 94.0 Å². The van der Waals surface area contributed by atoms with Gasteiger partial charge < -0.3 is 9.47 Å². The zero-order chi connectivity index (χ0) is 22.9. The average molecular weight is 455 g/mol. The van der Waals surface area contributed by atoms with Gasteiger partial charge in [0.2, 0.25) is 5.78 Å². The van der Waals surface area contributed by atoms with Crippen molar-refractivity contribution in [2.75, 3.05) is 7.11 Å². The van der Waals surface area contributed by atoms with E-state index >= 15 is 0 Å². The fourth-order valence-corrected chi connectivity index (χ4v) is 4.36. The third-order valence-corrected chi connectivity index (χ3v) is 6.26. The summed E-state index contributed by atoms with van der Waals surface area (Å²) in [5.74, 6) is 0.330. The summed E-state index contributed by atoms with van der Waals surface area (Å²) in [6, 6.07) is 17.3. The Morgan fingerprint density at radius 3 is 2.25 bits per heavy atom. The second kappa shape index (κ2) is 8.40. The van der Waals surface area contributed by atoms with Crippen molar-refractivity contribution >= 4 is 21.6 Å². The number of Topliss-reactive ketones (excluding diaryl/α,β-unsaturated/α-hetero) is 1. The molecule has 4 rings (SSSR count). The maximum absolute atomic E-state index is 13.2. The lowest BCUT2D eigenvalue weighted by molar-refractivity contribution is -0.384. The normalized spacial score (nSPS) is 17.8. The molecule has 0 amide bonds. The summed E-state index contributed by atoms with van der Waals surface area (Å²) < 4.78 is 42.3. The molecule has 0 saturated carbocycles. The van der Waals surface area contributed by atoms with E-state index in [1.807, 2.05) is 0 Å². The lowest BCUT2D eigenvalue weighted by atomic mass is 9.93. The topological polar surface area (TPSA) is 122 Å². The maximum Gasteiger partial charge on any atom is 0.297 e. The summed E-state index contributed by atoms with van der Waals surface area (Å²) in [6.07, 6.45) is -2.55. The number of methoxy groups -OCH3 is 1. The first kappa shape index (κ1) is 21.5. The Labute approximate surface area is 183 Å². The number of carbonyl (C=O) groups excluding carboxylic acids is 1. The van der Waals surface area contributed by atoms with Gasteiger partial charge in [-0.2, -0.15) is 8.42 Å². The monoisotopic (exact) mass is 455 g/mol. The highest BCUT2D eigenvalue weighted by Gasteiger charge is 2.42. The van der Waals surface area contributed by atoms with E-state index in [-0.39, 0.29) is 16.1 Å². The summed E-state index contributed by atoms with van der Waals surface area (Å²) in [7, 11) is -2.93. The number of benzene rings is 3. The van der Waals surface area contributed by atoms with Crippen molar-refractivity contribution in [2.24, 2.45) is 0 Å². The Morgan fingerprint density at radius 2 is 1.62 bits per heavy atom. The lowest BCUT2D eigenvalue weighted by Gasteiger charge is -2.32. The molecule has 0 N–H and O–H groups in total. The van der Waals surface area contributed by atoms with E-state index in [0.717, 1.165) is 24.3 Å². The van der Waals surface area contributed by atoms with Gasteiger partial charge in [0.25, 0.3) is 15.8 Å². The van der Waals surface area contributed by atoms with Crippen LogP contribution < -0.4 is 9.47 Å². The summed E-state index contributed by atoms with van der Waals surface area (Å²) in [5.41, 5.74) is 0.435. The molecule has 9 nitrogen and oxygen atoms in total. The molecule has 0 fully saturated rings. The van der Waals surface area contributed by atoms with Crippen LogP contribution in [0.25, 0.3) is 0 Å². The summed E-state index contributed by atoms with van der Waals surface area (Å²) in [6.45, 7) is 0. The van der Waals surface area contributed by atoms with Gasteiger partial charge in [0, 0.05) is 12.1 Å². The number of hydrogen-bond donors (Lipinski definition) is 0. The van der Waals surface area contributed by atoms with Crippen LogP contribution >= 0.6 is 0 Å². The summed E-state index contributed by atoms with van der Waals surface area (Å²) in [4.78, 5) is 23.1. The van der Waals surface area contributed by atoms with Crippen molar-refractivity contribution in [1.29, 1.82) is 0 Å². The molecule has 0 bridgehead atoms. The second-order valence-electron chi connectivity index (χ2n) is 6.89. The van der Waals surface area contributed by atoms with E-state index in [9.17, 15) is 23.3 Å². The fraction of sp³-hybridized carbons (Fsp3) is 0.136. The fourth-order valence-electron chi connectivity index (χ4n) is 3.32. The van der Waals surface area contributed by atoms with Crippen LogP contribution in [0.5, 0.6) is 11.5 Å². The van der Waals surface area contributed by atoms with Crippen LogP contribution in [0.1, 0.15) is 22.0 Å². The van der Waals surface area contributed by atoms with E-state index in [0.29, 0.717) is 17.1 Å². The Hall–Kier alpha value is -3.76. The van der Waals surface area contributed by atoms with Crippen LogP contribution in [0.2, 0.25) is 0 Å². The van der Waals surface area contributed by atoms with Crippen LogP contribution in [0.4, 0.5) is 5.69 Å². The van der Waals surface area contributed by atoms with Crippen LogP contribution in [-0.2, 0) is 14.3 Å². The molecule has 0 radical (unpaired) electrons. The Kier molecular flexibility index (Phi) is 5.64. The van der Waals surface area contributed by atoms with Crippen molar-refractivity contribution in [2.45, 2.75) is 17.1 Å². The minimum absolute atomic E-state index is 0.196. The number of carbonyl (C=O) groups is 1. The SMILES string of the molecule is COc1ccc([C@H]2Oc3ccccc3C(=O)[C@@H]2OS(=O)(=O)c2ccc([N+](=O)[O-])cc2)cc1. The van der Waals surface area contributed by atoms with E-state index < -0.39 is 33.0 Å². The smallest absolute Gasteiger partial charge is 0.297 e. The van der Waals surface area contributed by atoms with Crippen LogP contribution in [-0.4, -0.2) is 32.3 Å². The quantitative estimate of drug-likeness (QED) is 0.313. The minimum atomic E-state index is -4.44. The lowest BCUT2D eigenvalue weighted by Crippen LogP contribution is -2.39. The second-order valence-corrected chi connectivity index (χ2v) is 8.47. The van der Waals surface area contributed by atoms with Gasteiger partial charge in [-0.15, -0.1) is 0 Å². The zero-order valence-corrected chi connectivity index (χ0v) is 17.5. The van der Waals surface area contributed by atoms with E-state index in [1.165, 1.54) is 13.2 Å². The number of nitro groups is 1. The van der Waals surface area contributed by atoms with Crippen molar-refractivity contribution in [3.63, 3.8) is 0 Å². The first-order chi connectivity index (χ1) is 15.3. The number of non-ortho nitro benzene ring substituents is 1. The molecule has 32 heavy (non-hydrogen) atoms. The Balaban J connectivity index is 1.72. The highest BCUT2D eigenvalue weighted by molar-refractivity contribution is 7.86. The average Bonchev–Trinajstić information content (AvgIpc) is 2.81. The zero-order valence-electron chi connectivity index (χ0n) is 16.7. The van der Waals surface area contributed by atoms with Crippen LogP contribution in [0.3, 0.4) is 0 Å². The van der Waals surface area contributed by atoms with Gasteiger partial charge in [-0.1, -0.05) is 24.3 Å². The van der Waals surface area contributed by atoms with Crippen molar-refractivity contribution in [1.82, 2.24) is 0 Å². The highest BCUT2D eigenvalue weighted by Crippen LogP contribution is 2.38. The third-order valence-electron chi connectivity index (χ3n) is 4.95. The number of rotatable bonds is 6. The molecule has 164 valence electrons. The number of ether oxygens (including phenoxy) is 2. The number of ketones is 1. The predicted molar refractivity (Wildman–Crippen MR) is 112 cm³/mol. The molecular formula is C22H17NO8S. The molecule has 10 heteroatoms. The highest BCUT2D eigenvalue weighted by atomic mass is 32.2. The molecule has 0 saturated heterocycles. The largest absolute Gasteiger partial charge is 0.497 e. The number of para-hydroxylation sites is 1. The molecule has 0 unspecified atom stereocenters. The molecule has 2 atom stereocenters. The molecule has 3 aromatic rings. The Bertz CT molecular complexity index is 1270. The van der Waals surface area contributed by atoms with Crippen LogP contribution in [0, 0.1) is 10.1 Å². The maximum atomic E-state index is 13.2. The molecule has 1 aliphatic heterocycles. The molecule has 0 aliphatic carbocycles. The standard InChI is InChI=1S/C22H17NO8S/c1-29-16-10-6-14(7-11-16)21-22(20(24)18-4-2-3-5-19(18)30-21)31-32(27,28)17-12-8-15(9-13-17)23(25)26/h2-13,21-22H,1H3/t21-,22+/m1/s1. The number of nitro benzene ring substituents is 1.